The fourth-order valence-electron chi connectivity index (χ4n) is 1.88. The Morgan fingerprint density at radius 2 is 2.18 bits per heavy atom. The molecule has 0 aliphatic heterocycles. The van der Waals surface area contributed by atoms with E-state index in [1.165, 1.54) is 19.3 Å². The van der Waals surface area contributed by atoms with E-state index in [-0.39, 0.29) is 0 Å². The average Bonchev–Trinajstić information content (AvgIpc) is 2.06. The number of rotatable bonds is 2. The number of hydrogen-bond acceptors (Lipinski definition) is 2. The summed E-state index contributed by atoms with van der Waals surface area (Å²) in [5.74, 6) is 0.926. The van der Waals surface area contributed by atoms with Gasteiger partial charge in [0.05, 0.1) is 12.0 Å². The number of nitrogens with one attached hydrogen (secondary N) is 1. The quantitative estimate of drug-likeness (QED) is 0.651. The lowest BCUT2D eigenvalue weighted by molar-refractivity contribution is 0.285. The SMILES string of the molecule is CNCC1CCCCC1C#N. The van der Waals surface area contributed by atoms with Crippen molar-refractivity contribution in [1.29, 1.82) is 5.26 Å². The minimum Gasteiger partial charge on any atom is -0.319 e. The van der Waals surface area contributed by atoms with Gasteiger partial charge in [-0.1, -0.05) is 12.8 Å². The molecule has 1 saturated carbocycles. The van der Waals surface area contributed by atoms with Gasteiger partial charge < -0.3 is 5.32 Å². The lowest BCUT2D eigenvalue weighted by atomic mass is 9.80. The first-order valence-electron chi connectivity index (χ1n) is 4.42. The largest absolute Gasteiger partial charge is 0.319 e. The molecular formula is C9H16N2. The molecule has 0 aromatic rings. The predicted molar refractivity (Wildman–Crippen MR) is 45.0 cm³/mol. The van der Waals surface area contributed by atoms with Crippen LogP contribution in [0.5, 0.6) is 0 Å². The van der Waals surface area contributed by atoms with Gasteiger partial charge in [0.25, 0.3) is 0 Å². The van der Waals surface area contributed by atoms with E-state index >= 15 is 0 Å². The predicted octanol–water partition coefficient (Wildman–Crippen LogP) is 1.54. The van der Waals surface area contributed by atoms with E-state index in [0.717, 1.165) is 13.0 Å². The van der Waals surface area contributed by atoms with E-state index in [1.54, 1.807) is 0 Å². The molecule has 2 atom stereocenters. The molecule has 2 heteroatoms. The monoisotopic (exact) mass is 152 g/mol. The number of hydrogen-bond donors (Lipinski definition) is 1. The van der Waals surface area contributed by atoms with Crippen LogP contribution in [0.3, 0.4) is 0 Å². The van der Waals surface area contributed by atoms with Gasteiger partial charge in [-0.25, -0.2) is 0 Å². The highest BCUT2D eigenvalue weighted by Gasteiger charge is 2.23. The third-order valence-corrected chi connectivity index (χ3v) is 2.54. The van der Waals surface area contributed by atoms with E-state index in [4.69, 9.17) is 5.26 Å². The molecule has 1 N–H and O–H groups in total. The molecule has 0 bridgehead atoms. The molecule has 0 amide bonds. The summed E-state index contributed by atoms with van der Waals surface area (Å²) in [6.07, 6.45) is 4.91. The minimum atomic E-state index is 0.316. The van der Waals surface area contributed by atoms with Crippen molar-refractivity contribution in [2.75, 3.05) is 13.6 Å². The molecule has 1 fully saturated rings. The summed E-state index contributed by atoms with van der Waals surface area (Å²) in [7, 11) is 1.96. The van der Waals surface area contributed by atoms with Crippen LogP contribution in [0.2, 0.25) is 0 Å². The summed E-state index contributed by atoms with van der Waals surface area (Å²) in [5.41, 5.74) is 0. The molecule has 0 saturated heterocycles. The van der Waals surface area contributed by atoms with Crippen molar-refractivity contribution in [2.45, 2.75) is 25.7 Å². The van der Waals surface area contributed by atoms with Crippen LogP contribution in [0, 0.1) is 23.2 Å². The summed E-state index contributed by atoms with van der Waals surface area (Å²) in [5, 5.41) is 12.0. The smallest absolute Gasteiger partial charge is 0.0659 e. The van der Waals surface area contributed by atoms with E-state index in [2.05, 4.69) is 11.4 Å². The van der Waals surface area contributed by atoms with Crippen LogP contribution in [0.1, 0.15) is 25.7 Å². The average molecular weight is 152 g/mol. The molecule has 0 spiro atoms. The molecule has 2 unspecified atom stereocenters. The third kappa shape index (κ3) is 2.20. The van der Waals surface area contributed by atoms with Crippen LogP contribution in [-0.2, 0) is 0 Å². The van der Waals surface area contributed by atoms with Crippen molar-refractivity contribution in [1.82, 2.24) is 5.32 Å². The zero-order valence-electron chi connectivity index (χ0n) is 7.14. The molecule has 62 valence electrons. The lowest BCUT2D eigenvalue weighted by Gasteiger charge is -2.26. The van der Waals surface area contributed by atoms with Crippen molar-refractivity contribution in [3.05, 3.63) is 0 Å². The highest BCUT2D eigenvalue weighted by atomic mass is 14.8. The summed E-state index contributed by atoms with van der Waals surface area (Å²) >= 11 is 0. The van der Waals surface area contributed by atoms with Crippen molar-refractivity contribution in [2.24, 2.45) is 11.8 Å². The number of nitriles is 1. The Labute approximate surface area is 68.6 Å². The maximum absolute atomic E-state index is 8.81. The standard InChI is InChI=1S/C9H16N2/c1-11-7-9-5-3-2-4-8(9)6-10/h8-9,11H,2-5,7H2,1H3. The molecule has 1 aliphatic rings. The molecule has 11 heavy (non-hydrogen) atoms. The molecule has 0 heterocycles. The third-order valence-electron chi connectivity index (χ3n) is 2.54. The maximum atomic E-state index is 8.81. The maximum Gasteiger partial charge on any atom is 0.0659 e. The van der Waals surface area contributed by atoms with Crippen molar-refractivity contribution < 1.29 is 0 Å². The van der Waals surface area contributed by atoms with Crippen LogP contribution in [-0.4, -0.2) is 13.6 Å². The van der Waals surface area contributed by atoms with Crippen molar-refractivity contribution in [3.8, 4) is 6.07 Å². The number of nitrogens with zero attached hydrogens (tertiary/aromatic N) is 1. The summed E-state index contributed by atoms with van der Waals surface area (Å²) in [6, 6.07) is 2.40. The lowest BCUT2D eigenvalue weighted by Crippen LogP contribution is -2.27. The minimum absolute atomic E-state index is 0.316. The Hall–Kier alpha value is -0.550. The van der Waals surface area contributed by atoms with Crippen molar-refractivity contribution >= 4 is 0 Å². The molecule has 0 aromatic carbocycles. The van der Waals surface area contributed by atoms with E-state index in [0.29, 0.717) is 11.8 Å². The second-order valence-electron chi connectivity index (χ2n) is 3.34. The van der Waals surface area contributed by atoms with Crippen LogP contribution < -0.4 is 5.32 Å². The van der Waals surface area contributed by atoms with Gasteiger partial charge in [0, 0.05) is 0 Å². The molecule has 1 aliphatic carbocycles. The van der Waals surface area contributed by atoms with Gasteiger partial charge in [0.1, 0.15) is 0 Å². The Balaban J connectivity index is 2.39. The van der Waals surface area contributed by atoms with Crippen molar-refractivity contribution in [3.63, 3.8) is 0 Å². The molecule has 0 aromatic heterocycles. The van der Waals surface area contributed by atoms with E-state index in [1.807, 2.05) is 7.05 Å². The van der Waals surface area contributed by atoms with Crippen LogP contribution in [0.25, 0.3) is 0 Å². The second kappa shape index (κ2) is 4.35. The van der Waals surface area contributed by atoms with Gasteiger partial charge in [-0.3, -0.25) is 0 Å². The molecular weight excluding hydrogens is 136 g/mol. The fourth-order valence-corrected chi connectivity index (χ4v) is 1.88. The zero-order chi connectivity index (χ0) is 8.10. The summed E-state index contributed by atoms with van der Waals surface area (Å²) < 4.78 is 0. The first-order valence-corrected chi connectivity index (χ1v) is 4.42. The summed E-state index contributed by atoms with van der Waals surface area (Å²) in [6.45, 7) is 1.01. The van der Waals surface area contributed by atoms with Crippen LogP contribution >= 0.6 is 0 Å². The topological polar surface area (TPSA) is 35.8 Å². The van der Waals surface area contributed by atoms with E-state index < -0.39 is 0 Å². The first kappa shape index (κ1) is 8.55. The summed E-state index contributed by atoms with van der Waals surface area (Å²) in [4.78, 5) is 0. The van der Waals surface area contributed by atoms with Crippen LogP contribution in [0.15, 0.2) is 0 Å². The first-order chi connectivity index (χ1) is 5.38. The van der Waals surface area contributed by atoms with Gasteiger partial charge in [0.2, 0.25) is 0 Å². The zero-order valence-corrected chi connectivity index (χ0v) is 7.14. The molecule has 1 rings (SSSR count). The Kier molecular flexibility index (Phi) is 3.38. The molecule has 2 nitrogen and oxygen atoms in total. The highest BCUT2D eigenvalue weighted by molar-refractivity contribution is 4.91. The van der Waals surface area contributed by atoms with E-state index in [9.17, 15) is 0 Å². The van der Waals surface area contributed by atoms with Gasteiger partial charge in [-0.2, -0.15) is 5.26 Å². The molecule has 0 radical (unpaired) electrons. The highest BCUT2D eigenvalue weighted by Crippen LogP contribution is 2.28. The van der Waals surface area contributed by atoms with Gasteiger partial charge in [0.15, 0.2) is 0 Å². The Bertz CT molecular complexity index is 146. The Morgan fingerprint density at radius 1 is 1.45 bits per heavy atom. The second-order valence-corrected chi connectivity index (χ2v) is 3.34. The Morgan fingerprint density at radius 3 is 2.82 bits per heavy atom. The van der Waals surface area contributed by atoms with Gasteiger partial charge in [-0.05, 0) is 32.4 Å². The fraction of sp³-hybridized carbons (Fsp3) is 0.889. The van der Waals surface area contributed by atoms with Gasteiger partial charge in [-0.15, -0.1) is 0 Å². The van der Waals surface area contributed by atoms with Gasteiger partial charge >= 0.3 is 0 Å². The van der Waals surface area contributed by atoms with Crippen LogP contribution in [0.4, 0.5) is 0 Å². The normalized spacial score (nSPS) is 31.3.